The fraction of sp³-hybridized carbons (Fsp3) is 0.647. The summed E-state index contributed by atoms with van der Waals surface area (Å²) in [5.41, 5.74) is 0.176. The van der Waals surface area contributed by atoms with Gasteiger partial charge in [0.05, 0.1) is 12.5 Å². The summed E-state index contributed by atoms with van der Waals surface area (Å²) in [6, 6.07) is 1.99. The second-order valence-electron chi connectivity index (χ2n) is 6.02. The van der Waals surface area contributed by atoms with Crippen LogP contribution in [-0.2, 0) is 26.6 Å². The van der Waals surface area contributed by atoms with Crippen LogP contribution in [0, 0.1) is 11.3 Å². The molecule has 0 spiro atoms. The quantitative estimate of drug-likeness (QED) is 0.740. The number of hydrogen-bond donors (Lipinski definition) is 0. The Labute approximate surface area is 141 Å². The van der Waals surface area contributed by atoms with Gasteiger partial charge in [-0.1, -0.05) is 26.7 Å². The zero-order chi connectivity index (χ0) is 17.7. The minimum absolute atomic E-state index is 0.112. The second kappa shape index (κ2) is 7.95. The zero-order valence-electron chi connectivity index (χ0n) is 14.7. The Kier molecular flexibility index (Phi) is 5.96. The van der Waals surface area contributed by atoms with Crippen molar-refractivity contribution in [3.8, 4) is 6.07 Å². The van der Waals surface area contributed by atoms with Crippen molar-refractivity contribution in [2.75, 3.05) is 0 Å². The Morgan fingerprint density at radius 1 is 1.08 bits per heavy atom. The number of fused-ring (bicyclic) bond motifs is 1. The van der Waals surface area contributed by atoms with Crippen LogP contribution in [-0.4, -0.2) is 18.7 Å². The first-order chi connectivity index (χ1) is 11.6. The van der Waals surface area contributed by atoms with Crippen LogP contribution in [0.25, 0.3) is 11.2 Å². The summed E-state index contributed by atoms with van der Waals surface area (Å²) >= 11 is 0. The van der Waals surface area contributed by atoms with Gasteiger partial charge < -0.3 is 4.57 Å². The normalized spacial score (nSPS) is 11.1. The molecule has 0 radical (unpaired) electrons. The van der Waals surface area contributed by atoms with Crippen molar-refractivity contribution in [2.45, 2.75) is 65.5 Å². The molecule has 7 heteroatoms. The van der Waals surface area contributed by atoms with E-state index in [0.717, 1.165) is 49.0 Å². The maximum Gasteiger partial charge on any atom is 0.332 e. The summed E-state index contributed by atoms with van der Waals surface area (Å²) in [5.74, 6) is 0.866. The lowest BCUT2D eigenvalue weighted by atomic mass is 10.2. The maximum atomic E-state index is 12.9. The molecule has 0 saturated carbocycles. The van der Waals surface area contributed by atoms with Crippen LogP contribution in [0.3, 0.4) is 0 Å². The molecule has 24 heavy (non-hydrogen) atoms. The van der Waals surface area contributed by atoms with Crippen molar-refractivity contribution in [2.24, 2.45) is 7.05 Å². The molecule has 0 aromatic carbocycles. The van der Waals surface area contributed by atoms with Gasteiger partial charge in [-0.3, -0.25) is 13.9 Å². The SMILES string of the molecule is CCCCc1nc2c(c(=O)n(CCC#N)c(=O)n2C)n1CCCC. The maximum absolute atomic E-state index is 12.9. The van der Waals surface area contributed by atoms with E-state index in [2.05, 4.69) is 18.8 Å². The van der Waals surface area contributed by atoms with Gasteiger partial charge >= 0.3 is 5.69 Å². The van der Waals surface area contributed by atoms with Gasteiger partial charge in [-0.25, -0.2) is 9.78 Å². The number of nitrogens with zero attached hydrogens (tertiary/aromatic N) is 5. The number of aryl methyl sites for hydroxylation is 3. The lowest BCUT2D eigenvalue weighted by Gasteiger charge is -2.10. The largest absolute Gasteiger partial charge is 0.332 e. The van der Waals surface area contributed by atoms with E-state index in [9.17, 15) is 9.59 Å². The number of unbranched alkanes of at least 4 members (excludes halogenated alkanes) is 2. The first-order valence-corrected chi connectivity index (χ1v) is 8.62. The van der Waals surface area contributed by atoms with Crippen LogP contribution in [0.4, 0.5) is 0 Å². The number of nitriles is 1. The third kappa shape index (κ3) is 3.28. The highest BCUT2D eigenvalue weighted by molar-refractivity contribution is 5.71. The molecule has 2 aromatic heterocycles. The van der Waals surface area contributed by atoms with E-state index in [1.807, 2.05) is 10.6 Å². The van der Waals surface area contributed by atoms with Gasteiger partial charge in [0.25, 0.3) is 5.56 Å². The van der Waals surface area contributed by atoms with Gasteiger partial charge in [0.1, 0.15) is 5.82 Å². The third-order valence-electron chi connectivity index (χ3n) is 4.25. The van der Waals surface area contributed by atoms with E-state index >= 15 is 0 Å². The van der Waals surface area contributed by atoms with Gasteiger partial charge in [0.2, 0.25) is 0 Å². The Morgan fingerprint density at radius 3 is 2.42 bits per heavy atom. The van der Waals surface area contributed by atoms with Gasteiger partial charge in [-0.05, 0) is 12.8 Å². The standard InChI is InChI=1S/C17H25N5O2/c1-4-6-9-13-19-15-14(21(13)11-7-5-2)16(23)22(12-8-10-18)17(24)20(15)3/h4-9,11-12H2,1-3H3. The highest BCUT2D eigenvalue weighted by Gasteiger charge is 2.19. The molecule has 130 valence electrons. The van der Waals surface area contributed by atoms with Crippen LogP contribution in [0.15, 0.2) is 9.59 Å². The van der Waals surface area contributed by atoms with E-state index in [1.54, 1.807) is 7.05 Å². The van der Waals surface area contributed by atoms with Crippen LogP contribution in [0.5, 0.6) is 0 Å². The van der Waals surface area contributed by atoms with Gasteiger partial charge in [-0.2, -0.15) is 5.26 Å². The molecule has 0 aliphatic rings. The molecule has 2 rings (SSSR count). The number of rotatable bonds is 8. The average Bonchev–Trinajstić information content (AvgIpc) is 2.94. The molecule has 7 nitrogen and oxygen atoms in total. The molecule has 0 fully saturated rings. The third-order valence-corrected chi connectivity index (χ3v) is 4.25. The minimum atomic E-state index is -0.412. The van der Waals surface area contributed by atoms with Crippen LogP contribution < -0.4 is 11.2 Å². The minimum Gasteiger partial charge on any atom is -0.322 e. The molecular weight excluding hydrogens is 306 g/mol. The van der Waals surface area contributed by atoms with Crippen LogP contribution >= 0.6 is 0 Å². The summed E-state index contributed by atoms with van der Waals surface area (Å²) in [6.45, 7) is 5.05. The predicted molar refractivity (Wildman–Crippen MR) is 93.0 cm³/mol. The highest BCUT2D eigenvalue weighted by Crippen LogP contribution is 2.15. The van der Waals surface area contributed by atoms with Gasteiger partial charge in [0.15, 0.2) is 11.2 Å². The summed E-state index contributed by atoms with van der Waals surface area (Å²) in [5, 5.41) is 8.77. The Bertz CT molecular complexity index is 866. The Morgan fingerprint density at radius 2 is 1.79 bits per heavy atom. The van der Waals surface area contributed by atoms with E-state index in [0.29, 0.717) is 11.2 Å². The van der Waals surface area contributed by atoms with Crippen molar-refractivity contribution < 1.29 is 0 Å². The van der Waals surface area contributed by atoms with E-state index in [-0.39, 0.29) is 18.5 Å². The molecule has 0 aliphatic heterocycles. The summed E-state index contributed by atoms with van der Waals surface area (Å²) in [6.07, 6.45) is 4.92. The Balaban J connectivity index is 2.72. The predicted octanol–water partition coefficient (Wildman–Crippen LogP) is 1.95. The number of hydrogen-bond acceptors (Lipinski definition) is 4. The molecule has 2 aromatic rings. The smallest absolute Gasteiger partial charge is 0.322 e. The van der Waals surface area contributed by atoms with Gasteiger partial charge in [-0.15, -0.1) is 0 Å². The first kappa shape index (κ1) is 18.0. The monoisotopic (exact) mass is 331 g/mol. The van der Waals surface area contributed by atoms with E-state index < -0.39 is 5.69 Å². The molecule has 0 aliphatic carbocycles. The lowest BCUT2D eigenvalue weighted by molar-refractivity contribution is 0.590. The van der Waals surface area contributed by atoms with Crippen molar-refractivity contribution in [1.29, 1.82) is 5.26 Å². The van der Waals surface area contributed by atoms with Crippen molar-refractivity contribution >= 4 is 11.2 Å². The number of aromatic nitrogens is 4. The molecule has 0 atom stereocenters. The topological polar surface area (TPSA) is 85.6 Å². The molecule has 0 bridgehead atoms. The fourth-order valence-electron chi connectivity index (χ4n) is 2.86. The Hall–Kier alpha value is -2.36. The zero-order valence-corrected chi connectivity index (χ0v) is 14.7. The summed E-state index contributed by atoms with van der Waals surface area (Å²) in [4.78, 5) is 29.9. The molecule has 0 N–H and O–H groups in total. The van der Waals surface area contributed by atoms with Crippen LogP contribution in [0.1, 0.15) is 51.8 Å². The first-order valence-electron chi connectivity index (χ1n) is 8.62. The van der Waals surface area contributed by atoms with Crippen molar-refractivity contribution in [1.82, 2.24) is 18.7 Å². The van der Waals surface area contributed by atoms with E-state index in [1.165, 1.54) is 4.57 Å². The van der Waals surface area contributed by atoms with Crippen molar-refractivity contribution in [3.05, 3.63) is 26.7 Å². The van der Waals surface area contributed by atoms with Gasteiger partial charge in [0, 0.05) is 26.6 Å². The summed E-state index contributed by atoms with van der Waals surface area (Å²) in [7, 11) is 1.63. The molecular formula is C17H25N5O2. The number of imidazole rings is 1. The highest BCUT2D eigenvalue weighted by atomic mass is 16.2. The fourth-order valence-corrected chi connectivity index (χ4v) is 2.86. The lowest BCUT2D eigenvalue weighted by Crippen LogP contribution is -2.39. The van der Waals surface area contributed by atoms with Crippen molar-refractivity contribution in [3.63, 3.8) is 0 Å². The molecule has 0 unspecified atom stereocenters. The molecule has 2 heterocycles. The average molecular weight is 331 g/mol. The van der Waals surface area contributed by atoms with E-state index in [4.69, 9.17) is 5.26 Å². The molecule has 0 saturated heterocycles. The summed E-state index contributed by atoms with van der Waals surface area (Å²) < 4.78 is 4.55. The molecule has 0 amide bonds. The van der Waals surface area contributed by atoms with Crippen LogP contribution in [0.2, 0.25) is 0 Å². The second-order valence-corrected chi connectivity index (χ2v) is 6.02.